The molecule has 94 valence electrons. The van der Waals surface area contributed by atoms with E-state index in [9.17, 15) is 13.6 Å². The fraction of sp³-hybridized carbons (Fsp3) is 0.400. The van der Waals surface area contributed by atoms with Gasteiger partial charge in [0.1, 0.15) is 11.3 Å². The smallest absolute Gasteiger partial charge is 0.356 e. The second-order valence-electron chi connectivity index (χ2n) is 2.92. The van der Waals surface area contributed by atoms with Gasteiger partial charge in [-0.1, -0.05) is 0 Å². The SMILES string of the molecule is COC(=O)c1cc(OC)c(C(F)F)c(OC)n1. The van der Waals surface area contributed by atoms with Crippen molar-refractivity contribution >= 4 is 5.97 Å². The van der Waals surface area contributed by atoms with Crippen molar-refractivity contribution in [1.29, 1.82) is 0 Å². The molecule has 7 heteroatoms. The Kier molecular flexibility index (Phi) is 4.19. The van der Waals surface area contributed by atoms with Crippen LogP contribution in [0.15, 0.2) is 6.07 Å². The van der Waals surface area contributed by atoms with Crippen molar-refractivity contribution in [2.24, 2.45) is 0 Å². The molecule has 0 fully saturated rings. The number of pyridine rings is 1. The molecule has 0 aromatic carbocycles. The van der Waals surface area contributed by atoms with E-state index in [-0.39, 0.29) is 17.3 Å². The molecule has 0 unspecified atom stereocenters. The molecule has 1 aromatic heterocycles. The molecular weight excluding hydrogens is 236 g/mol. The summed E-state index contributed by atoms with van der Waals surface area (Å²) < 4.78 is 39.4. The highest BCUT2D eigenvalue weighted by molar-refractivity contribution is 5.88. The molecule has 0 spiro atoms. The number of methoxy groups -OCH3 is 3. The quantitative estimate of drug-likeness (QED) is 0.759. The maximum absolute atomic E-state index is 12.8. The summed E-state index contributed by atoms with van der Waals surface area (Å²) in [6.07, 6.45) is -2.82. The predicted octanol–water partition coefficient (Wildman–Crippen LogP) is 1.82. The highest BCUT2D eigenvalue weighted by Gasteiger charge is 2.24. The van der Waals surface area contributed by atoms with Gasteiger partial charge >= 0.3 is 5.97 Å². The van der Waals surface area contributed by atoms with Crippen LogP contribution in [-0.4, -0.2) is 32.3 Å². The van der Waals surface area contributed by atoms with Crippen molar-refractivity contribution in [1.82, 2.24) is 4.98 Å². The maximum atomic E-state index is 12.8. The number of hydrogen-bond acceptors (Lipinski definition) is 5. The molecule has 0 radical (unpaired) electrons. The Bertz CT molecular complexity index is 398. The fourth-order valence-corrected chi connectivity index (χ4v) is 1.24. The van der Waals surface area contributed by atoms with E-state index < -0.39 is 18.0 Å². The largest absolute Gasteiger partial charge is 0.496 e. The summed E-state index contributed by atoms with van der Waals surface area (Å²) in [5, 5.41) is 0. The number of hydrogen-bond donors (Lipinski definition) is 0. The second kappa shape index (κ2) is 5.42. The molecule has 0 N–H and O–H groups in total. The van der Waals surface area contributed by atoms with E-state index in [4.69, 9.17) is 9.47 Å². The van der Waals surface area contributed by atoms with Gasteiger partial charge in [0.15, 0.2) is 5.69 Å². The highest BCUT2D eigenvalue weighted by atomic mass is 19.3. The first-order valence-corrected chi connectivity index (χ1v) is 4.54. The lowest BCUT2D eigenvalue weighted by Gasteiger charge is -2.12. The first-order valence-electron chi connectivity index (χ1n) is 4.54. The molecule has 0 amide bonds. The summed E-state index contributed by atoms with van der Waals surface area (Å²) in [4.78, 5) is 14.9. The van der Waals surface area contributed by atoms with Gasteiger partial charge in [0.05, 0.1) is 21.3 Å². The number of aromatic nitrogens is 1. The third kappa shape index (κ3) is 2.61. The molecule has 0 aliphatic rings. The topological polar surface area (TPSA) is 57.7 Å². The minimum atomic E-state index is -2.82. The molecule has 0 bridgehead atoms. The zero-order valence-electron chi connectivity index (χ0n) is 9.49. The van der Waals surface area contributed by atoms with Gasteiger partial charge in [0, 0.05) is 6.07 Å². The van der Waals surface area contributed by atoms with Gasteiger partial charge < -0.3 is 14.2 Å². The summed E-state index contributed by atoms with van der Waals surface area (Å²) in [5.41, 5.74) is -0.659. The van der Waals surface area contributed by atoms with E-state index in [0.717, 1.165) is 13.2 Å². The molecule has 17 heavy (non-hydrogen) atoms. The van der Waals surface area contributed by atoms with Crippen molar-refractivity contribution < 1.29 is 27.8 Å². The van der Waals surface area contributed by atoms with Gasteiger partial charge in [-0.15, -0.1) is 0 Å². The van der Waals surface area contributed by atoms with Gasteiger partial charge in [-0.25, -0.2) is 18.6 Å². The number of ether oxygens (including phenoxy) is 3. The van der Waals surface area contributed by atoms with E-state index in [1.165, 1.54) is 14.2 Å². The van der Waals surface area contributed by atoms with Gasteiger partial charge in [0.25, 0.3) is 6.43 Å². The zero-order chi connectivity index (χ0) is 13.0. The van der Waals surface area contributed by atoms with Gasteiger partial charge in [-0.05, 0) is 0 Å². The number of esters is 1. The molecule has 0 aliphatic carbocycles. The van der Waals surface area contributed by atoms with E-state index >= 15 is 0 Å². The van der Waals surface area contributed by atoms with Crippen LogP contribution in [0.1, 0.15) is 22.5 Å². The molecule has 0 saturated carbocycles. The van der Waals surface area contributed by atoms with E-state index in [1.54, 1.807) is 0 Å². The summed E-state index contributed by atoms with van der Waals surface area (Å²) in [7, 11) is 3.54. The van der Waals surface area contributed by atoms with Crippen molar-refractivity contribution in [2.45, 2.75) is 6.43 Å². The Labute approximate surface area is 96.3 Å². The molecule has 0 aliphatic heterocycles. The minimum absolute atomic E-state index is 0.161. The van der Waals surface area contributed by atoms with Gasteiger partial charge in [0.2, 0.25) is 5.88 Å². The normalized spacial score (nSPS) is 10.2. The first-order chi connectivity index (χ1) is 8.04. The average Bonchev–Trinajstić information content (AvgIpc) is 2.35. The number of alkyl halides is 2. The van der Waals surface area contributed by atoms with Crippen molar-refractivity contribution in [2.75, 3.05) is 21.3 Å². The van der Waals surface area contributed by atoms with Crippen molar-refractivity contribution in [3.05, 3.63) is 17.3 Å². The minimum Gasteiger partial charge on any atom is -0.496 e. The van der Waals surface area contributed by atoms with E-state index in [1.807, 2.05) is 0 Å². The third-order valence-corrected chi connectivity index (χ3v) is 2.01. The third-order valence-electron chi connectivity index (χ3n) is 2.01. The van der Waals surface area contributed by atoms with Crippen molar-refractivity contribution in [3.8, 4) is 11.6 Å². The highest BCUT2D eigenvalue weighted by Crippen LogP contribution is 2.36. The van der Waals surface area contributed by atoms with Crippen LogP contribution < -0.4 is 9.47 Å². The summed E-state index contributed by atoms with van der Waals surface area (Å²) in [6, 6.07) is 1.08. The van der Waals surface area contributed by atoms with Gasteiger partial charge in [-0.2, -0.15) is 0 Å². The van der Waals surface area contributed by atoms with Crippen LogP contribution in [-0.2, 0) is 4.74 Å². The Morgan fingerprint density at radius 3 is 2.35 bits per heavy atom. The Balaban J connectivity index is 3.39. The number of carbonyl (C=O) groups is 1. The lowest BCUT2D eigenvalue weighted by Crippen LogP contribution is -2.08. The summed E-state index contributed by atoms with van der Waals surface area (Å²) in [6.45, 7) is 0. The first kappa shape index (κ1) is 13.1. The number of rotatable bonds is 4. The average molecular weight is 247 g/mol. The Morgan fingerprint density at radius 2 is 1.94 bits per heavy atom. The fourth-order valence-electron chi connectivity index (χ4n) is 1.24. The molecule has 0 saturated heterocycles. The molecule has 1 heterocycles. The lowest BCUT2D eigenvalue weighted by molar-refractivity contribution is 0.0591. The van der Waals surface area contributed by atoms with Crippen LogP contribution in [0.3, 0.4) is 0 Å². The molecule has 1 rings (SSSR count). The summed E-state index contributed by atoms with van der Waals surface area (Å²) in [5.74, 6) is -1.30. The van der Waals surface area contributed by atoms with E-state index in [0.29, 0.717) is 0 Å². The molecular formula is C10H11F2NO4. The van der Waals surface area contributed by atoms with E-state index in [2.05, 4.69) is 9.72 Å². The second-order valence-corrected chi connectivity index (χ2v) is 2.92. The Hall–Kier alpha value is -1.92. The molecule has 5 nitrogen and oxygen atoms in total. The number of nitrogens with zero attached hydrogens (tertiary/aromatic N) is 1. The Morgan fingerprint density at radius 1 is 1.29 bits per heavy atom. The van der Waals surface area contributed by atoms with Gasteiger partial charge in [-0.3, -0.25) is 0 Å². The summed E-state index contributed by atoms with van der Waals surface area (Å²) >= 11 is 0. The van der Waals surface area contributed by atoms with Crippen molar-refractivity contribution in [3.63, 3.8) is 0 Å². The number of halogens is 2. The molecule has 1 aromatic rings. The maximum Gasteiger partial charge on any atom is 0.356 e. The monoisotopic (exact) mass is 247 g/mol. The standard InChI is InChI=1S/C10H11F2NO4/c1-15-6-4-5(10(14)17-3)13-9(16-2)7(6)8(11)12/h4,8H,1-3H3. The van der Waals surface area contributed by atoms with Crippen LogP contribution in [0, 0.1) is 0 Å². The predicted molar refractivity (Wildman–Crippen MR) is 53.6 cm³/mol. The van der Waals surface area contributed by atoms with Crippen LogP contribution in [0.2, 0.25) is 0 Å². The zero-order valence-corrected chi connectivity index (χ0v) is 9.49. The lowest BCUT2D eigenvalue weighted by atomic mass is 10.2. The number of carbonyl (C=O) groups excluding carboxylic acids is 1. The van der Waals surface area contributed by atoms with Crippen LogP contribution >= 0.6 is 0 Å². The van der Waals surface area contributed by atoms with Crippen LogP contribution in [0.4, 0.5) is 8.78 Å². The van der Waals surface area contributed by atoms with Crippen LogP contribution in [0.5, 0.6) is 11.6 Å². The van der Waals surface area contributed by atoms with Crippen LogP contribution in [0.25, 0.3) is 0 Å². The molecule has 0 atom stereocenters.